The lowest BCUT2D eigenvalue weighted by molar-refractivity contribution is -0.137. The Kier molecular flexibility index (Phi) is 4.25. The van der Waals surface area contributed by atoms with Crippen molar-refractivity contribution in [3.8, 4) is 0 Å². The van der Waals surface area contributed by atoms with Crippen LogP contribution in [0, 0.1) is 5.92 Å². The summed E-state index contributed by atoms with van der Waals surface area (Å²) in [7, 11) is 0. The molecule has 1 aromatic heterocycles. The second-order valence-electron chi connectivity index (χ2n) is 7.93. The lowest BCUT2D eigenvalue weighted by Crippen LogP contribution is -2.43. The molecule has 0 bridgehead atoms. The monoisotopic (exact) mass is 345 g/mol. The smallest absolute Gasteiger partial charge is 0.228 e. The molecule has 7 heteroatoms. The van der Waals surface area contributed by atoms with Crippen molar-refractivity contribution in [2.45, 2.75) is 71.0 Å². The summed E-state index contributed by atoms with van der Waals surface area (Å²) >= 11 is 0. The molecule has 0 radical (unpaired) electrons. The van der Waals surface area contributed by atoms with E-state index in [1.165, 1.54) is 12.8 Å². The Labute approximate surface area is 148 Å². The highest BCUT2D eigenvalue weighted by atomic mass is 16.2. The van der Waals surface area contributed by atoms with Crippen LogP contribution in [0.5, 0.6) is 0 Å². The van der Waals surface area contributed by atoms with Crippen LogP contribution in [0.4, 0.5) is 0 Å². The Morgan fingerprint density at radius 2 is 1.92 bits per heavy atom. The number of carbonyl (C=O) groups is 2. The Bertz CT molecular complexity index is 677. The summed E-state index contributed by atoms with van der Waals surface area (Å²) in [6, 6.07) is 0.364. The summed E-state index contributed by atoms with van der Waals surface area (Å²) in [5.74, 6) is 2.26. The highest BCUT2D eigenvalue weighted by Gasteiger charge is 2.40. The second-order valence-corrected chi connectivity index (χ2v) is 7.93. The van der Waals surface area contributed by atoms with Gasteiger partial charge in [-0.3, -0.25) is 9.59 Å². The first kappa shape index (κ1) is 16.5. The average Bonchev–Trinajstić information content (AvgIpc) is 3.32. The fourth-order valence-electron chi connectivity index (χ4n) is 4.52. The van der Waals surface area contributed by atoms with Gasteiger partial charge in [-0.2, -0.15) is 0 Å². The van der Waals surface area contributed by atoms with Crippen LogP contribution in [0.1, 0.15) is 63.5 Å². The Morgan fingerprint density at radius 1 is 1.16 bits per heavy atom. The molecule has 3 heterocycles. The third-order valence-corrected chi connectivity index (χ3v) is 5.88. The quantitative estimate of drug-likeness (QED) is 0.833. The van der Waals surface area contributed by atoms with Crippen molar-refractivity contribution in [3.05, 3.63) is 11.6 Å². The van der Waals surface area contributed by atoms with Gasteiger partial charge < -0.3 is 14.4 Å². The van der Waals surface area contributed by atoms with Gasteiger partial charge in [0.05, 0.1) is 12.5 Å². The van der Waals surface area contributed by atoms with E-state index in [4.69, 9.17) is 0 Å². The lowest BCUT2D eigenvalue weighted by atomic mass is 10.1. The molecule has 0 aromatic carbocycles. The van der Waals surface area contributed by atoms with E-state index in [1.807, 2.05) is 9.80 Å². The van der Waals surface area contributed by atoms with Crippen LogP contribution in [0.3, 0.4) is 0 Å². The van der Waals surface area contributed by atoms with E-state index < -0.39 is 0 Å². The number of nitrogens with zero attached hydrogens (tertiary/aromatic N) is 5. The van der Waals surface area contributed by atoms with E-state index >= 15 is 0 Å². The fourth-order valence-corrected chi connectivity index (χ4v) is 4.52. The largest absolute Gasteiger partial charge is 0.339 e. The molecule has 136 valence electrons. The van der Waals surface area contributed by atoms with Gasteiger partial charge >= 0.3 is 0 Å². The third-order valence-electron chi connectivity index (χ3n) is 5.88. The third kappa shape index (κ3) is 2.93. The molecule has 2 aliphatic heterocycles. The summed E-state index contributed by atoms with van der Waals surface area (Å²) in [5.41, 5.74) is 0. The van der Waals surface area contributed by atoms with E-state index in [-0.39, 0.29) is 17.7 Å². The molecule has 7 nitrogen and oxygen atoms in total. The van der Waals surface area contributed by atoms with Crippen LogP contribution >= 0.6 is 0 Å². The molecule has 1 atom stereocenters. The standard InChI is InChI=1S/C18H27N5O2/c1-12(2)17-20-19-15-11-21(7-8-22(15)17)18(25)13-9-16(24)23(10-13)14-5-3-4-6-14/h12-14H,3-11H2,1-2H3. The first-order valence-electron chi connectivity index (χ1n) is 9.55. The molecule has 2 fully saturated rings. The number of aromatic nitrogens is 3. The molecule has 0 N–H and O–H groups in total. The number of carbonyl (C=O) groups excluding carboxylic acids is 2. The SMILES string of the molecule is CC(C)c1nnc2n1CCN(C(=O)C1CC(=O)N(C3CCCC3)C1)C2. The maximum absolute atomic E-state index is 12.9. The Balaban J connectivity index is 1.42. The molecule has 1 aliphatic carbocycles. The zero-order valence-electron chi connectivity index (χ0n) is 15.1. The van der Waals surface area contributed by atoms with Gasteiger partial charge in [-0.25, -0.2) is 0 Å². The first-order valence-corrected chi connectivity index (χ1v) is 9.55. The lowest BCUT2D eigenvalue weighted by Gasteiger charge is -2.30. The number of hydrogen-bond donors (Lipinski definition) is 0. The normalized spacial score (nSPS) is 24.4. The summed E-state index contributed by atoms with van der Waals surface area (Å²) in [4.78, 5) is 29.1. The first-order chi connectivity index (χ1) is 12.0. The van der Waals surface area contributed by atoms with Crippen molar-refractivity contribution in [3.63, 3.8) is 0 Å². The minimum atomic E-state index is -0.188. The van der Waals surface area contributed by atoms with Crippen molar-refractivity contribution in [1.82, 2.24) is 24.6 Å². The molecule has 1 unspecified atom stereocenters. The van der Waals surface area contributed by atoms with Crippen LogP contribution in [-0.2, 0) is 22.7 Å². The molecule has 1 saturated heterocycles. The summed E-state index contributed by atoms with van der Waals surface area (Å²) < 4.78 is 2.14. The summed E-state index contributed by atoms with van der Waals surface area (Å²) in [6.45, 7) is 6.74. The van der Waals surface area contributed by atoms with Gasteiger partial charge in [0.25, 0.3) is 0 Å². The van der Waals surface area contributed by atoms with Gasteiger partial charge in [0.15, 0.2) is 5.82 Å². The Morgan fingerprint density at radius 3 is 2.64 bits per heavy atom. The highest BCUT2D eigenvalue weighted by Crippen LogP contribution is 2.31. The van der Waals surface area contributed by atoms with Crippen LogP contribution in [0.25, 0.3) is 0 Å². The fraction of sp³-hybridized carbons (Fsp3) is 0.778. The van der Waals surface area contributed by atoms with Crippen LogP contribution in [0.15, 0.2) is 0 Å². The Hall–Kier alpha value is -1.92. The number of likely N-dealkylation sites (tertiary alicyclic amines) is 1. The van der Waals surface area contributed by atoms with E-state index in [9.17, 15) is 9.59 Å². The number of hydrogen-bond acceptors (Lipinski definition) is 4. The minimum absolute atomic E-state index is 0.106. The van der Waals surface area contributed by atoms with E-state index in [0.717, 1.165) is 31.0 Å². The van der Waals surface area contributed by atoms with E-state index in [1.54, 1.807) is 0 Å². The molecular formula is C18H27N5O2. The van der Waals surface area contributed by atoms with Gasteiger partial charge in [0.1, 0.15) is 5.82 Å². The molecule has 3 aliphatic rings. The van der Waals surface area contributed by atoms with Crippen molar-refractivity contribution in [2.75, 3.05) is 13.1 Å². The predicted octanol–water partition coefficient (Wildman–Crippen LogP) is 1.53. The molecule has 1 saturated carbocycles. The van der Waals surface area contributed by atoms with Gasteiger partial charge in [-0.05, 0) is 12.8 Å². The maximum Gasteiger partial charge on any atom is 0.228 e. The van der Waals surface area contributed by atoms with Gasteiger partial charge in [0, 0.05) is 38.0 Å². The molecule has 0 spiro atoms. The highest BCUT2D eigenvalue weighted by molar-refractivity contribution is 5.89. The van der Waals surface area contributed by atoms with Gasteiger partial charge in [0.2, 0.25) is 11.8 Å². The number of amides is 2. The number of fused-ring (bicyclic) bond motifs is 1. The van der Waals surface area contributed by atoms with Crippen LogP contribution in [0.2, 0.25) is 0 Å². The summed E-state index contributed by atoms with van der Waals surface area (Å²) in [5, 5.41) is 8.55. The topological polar surface area (TPSA) is 71.3 Å². The van der Waals surface area contributed by atoms with Crippen molar-refractivity contribution < 1.29 is 9.59 Å². The summed E-state index contributed by atoms with van der Waals surface area (Å²) in [6.07, 6.45) is 4.96. The van der Waals surface area contributed by atoms with Gasteiger partial charge in [-0.1, -0.05) is 26.7 Å². The number of rotatable bonds is 3. The molecular weight excluding hydrogens is 318 g/mol. The van der Waals surface area contributed by atoms with Crippen molar-refractivity contribution in [1.29, 1.82) is 0 Å². The maximum atomic E-state index is 12.9. The molecule has 4 rings (SSSR count). The second kappa shape index (κ2) is 6.42. The predicted molar refractivity (Wildman–Crippen MR) is 91.6 cm³/mol. The molecule has 2 amide bonds. The van der Waals surface area contributed by atoms with E-state index in [2.05, 4.69) is 28.6 Å². The zero-order chi connectivity index (χ0) is 17.6. The van der Waals surface area contributed by atoms with E-state index in [0.29, 0.717) is 38.0 Å². The van der Waals surface area contributed by atoms with Crippen molar-refractivity contribution in [2.24, 2.45) is 5.92 Å². The van der Waals surface area contributed by atoms with Gasteiger partial charge in [-0.15, -0.1) is 10.2 Å². The minimum Gasteiger partial charge on any atom is -0.339 e. The van der Waals surface area contributed by atoms with Crippen molar-refractivity contribution >= 4 is 11.8 Å². The van der Waals surface area contributed by atoms with Crippen LogP contribution < -0.4 is 0 Å². The average molecular weight is 345 g/mol. The molecule has 25 heavy (non-hydrogen) atoms. The van der Waals surface area contributed by atoms with Crippen LogP contribution in [-0.4, -0.2) is 55.5 Å². The zero-order valence-corrected chi connectivity index (χ0v) is 15.1. The molecule has 1 aromatic rings.